The summed E-state index contributed by atoms with van der Waals surface area (Å²) in [5.74, 6) is 0.723. The van der Waals surface area contributed by atoms with Crippen molar-refractivity contribution in [3.8, 4) is 0 Å². The zero-order valence-electron chi connectivity index (χ0n) is 9.05. The number of amides is 1. The Balaban J connectivity index is 3.55. The standard InChI is InChI=1S/C11H21NO/c1-5-6-7-8-10(2)9-11(13)12(3)4/h5,10H,1,6-9H2,2-4H3/t10-/m1/s1. The molecule has 0 aromatic heterocycles. The number of rotatable bonds is 6. The van der Waals surface area contributed by atoms with Crippen LogP contribution in [0.5, 0.6) is 0 Å². The molecule has 0 aliphatic rings. The summed E-state index contributed by atoms with van der Waals surface area (Å²) in [6.07, 6.45) is 5.92. The first kappa shape index (κ1) is 12.2. The minimum atomic E-state index is 0.228. The Kier molecular flexibility index (Phi) is 6.29. The van der Waals surface area contributed by atoms with Crippen LogP contribution in [0.25, 0.3) is 0 Å². The summed E-state index contributed by atoms with van der Waals surface area (Å²) in [6.45, 7) is 5.80. The second kappa shape index (κ2) is 6.70. The van der Waals surface area contributed by atoms with Crippen LogP contribution in [-0.4, -0.2) is 24.9 Å². The summed E-state index contributed by atoms with van der Waals surface area (Å²) in [6, 6.07) is 0. The zero-order chi connectivity index (χ0) is 10.3. The molecule has 0 unspecified atom stereocenters. The fourth-order valence-electron chi connectivity index (χ4n) is 1.19. The first-order chi connectivity index (χ1) is 6.07. The van der Waals surface area contributed by atoms with Crippen LogP contribution in [-0.2, 0) is 4.79 Å². The van der Waals surface area contributed by atoms with Crippen molar-refractivity contribution < 1.29 is 4.79 Å². The maximum atomic E-state index is 11.3. The molecule has 2 nitrogen and oxygen atoms in total. The number of carbonyl (C=O) groups is 1. The van der Waals surface area contributed by atoms with Crippen LogP contribution in [0.2, 0.25) is 0 Å². The van der Waals surface area contributed by atoms with Gasteiger partial charge in [0, 0.05) is 20.5 Å². The van der Waals surface area contributed by atoms with Crippen LogP contribution in [0.1, 0.15) is 32.6 Å². The highest BCUT2D eigenvalue weighted by atomic mass is 16.2. The quantitative estimate of drug-likeness (QED) is 0.457. The fraction of sp³-hybridized carbons (Fsp3) is 0.727. The highest BCUT2D eigenvalue weighted by Crippen LogP contribution is 2.12. The van der Waals surface area contributed by atoms with Gasteiger partial charge < -0.3 is 4.90 Å². The van der Waals surface area contributed by atoms with E-state index in [2.05, 4.69) is 13.5 Å². The predicted molar refractivity (Wildman–Crippen MR) is 56.5 cm³/mol. The molecule has 0 aliphatic carbocycles. The lowest BCUT2D eigenvalue weighted by Crippen LogP contribution is -2.23. The number of hydrogen-bond donors (Lipinski definition) is 0. The van der Waals surface area contributed by atoms with Crippen LogP contribution in [0.4, 0.5) is 0 Å². The predicted octanol–water partition coefficient (Wildman–Crippen LogP) is 2.46. The molecule has 1 amide bonds. The van der Waals surface area contributed by atoms with E-state index >= 15 is 0 Å². The molecule has 0 spiro atoms. The van der Waals surface area contributed by atoms with Gasteiger partial charge in [-0.25, -0.2) is 0 Å². The summed E-state index contributed by atoms with van der Waals surface area (Å²) in [5, 5.41) is 0. The lowest BCUT2D eigenvalue weighted by molar-refractivity contribution is -0.129. The smallest absolute Gasteiger partial charge is 0.222 e. The minimum Gasteiger partial charge on any atom is -0.349 e. The van der Waals surface area contributed by atoms with E-state index in [9.17, 15) is 4.79 Å². The molecule has 2 heteroatoms. The molecule has 0 bridgehead atoms. The Morgan fingerprint density at radius 1 is 1.54 bits per heavy atom. The summed E-state index contributed by atoms with van der Waals surface area (Å²) in [5.41, 5.74) is 0. The average Bonchev–Trinajstić information content (AvgIpc) is 2.04. The molecule has 0 aromatic rings. The van der Waals surface area contributed by atoms with Gasteiger partial charge in [-0.2, -0.15) is 0 Å². The molecular formula is C11H21NO. The molecule has 0 saturated heterocycles. The molecule has 0 N–H and O–H groups in total. The normalized spacial score (nSPS) is 12.2. The van der Waals surface area contributed by atoms with Crippen molar-refractivity contribution in [2.75, 3.05) is 14.1 Å². The van der Waals surface area contributed by atoms with Crippen molar-refractivity contribution in [1.82, 2.24) is 4.90 Å². The highest BCUT2D eigenvalue weighted by molar-refractivity contribution is 5.75. The second-order valence-corrected chi connectivity index (χ2v) is 3.82. The maximum Gasteiger partial charge on any atom is 0.222 e. The maximum absolute atomic E-state index is 11.3. The van der Waals surface area contributed by atoms with Crippen LogP contribution in [0, 0.1) is 5.92 Å². The third kappa shape index (κ3) is 6.38. The first-order valence-electron chi connectivity index (χ1n) is 4.89. The van der Waals surface area contributed by atoms with Gasteiger partial charge in [0.15, 0.2) is 0 Å². The number of allylic oxidation sites excluding steroid dienone is 1. The van der Waals surface area contributed by atoms with E-state index in [0.717, 1.165) is 19.3 Å². The molecule has 0 rings (SSSR count). The summed E-state index contributed by atoms with van der Waals surface area (Å²) >= 11 is 0. The molecule has 13 heavy (non-hydrogen) atoms. The number of unbranched alkanes of at least 4 members (excludes halogenated alkanes) is 1. The van der Waals surface area contributed by atoms with Gasteiger partial charge in [0.05, 0.1) is 0 Å². The third-order valence-corrected chi connectivity index (χ3v) is 2.13. The van der Waals surface area contributed by atoms with Crippen molar-refractivity contribution in [1.29, 1.82) is 0 Å². The molecule has 0 saturated carbocycles. The Morgan fingerprint density at radius 2 is 2.15 bits per heavy atom. The van der Waals surface area contributed by atoms with Crippen molar-refractivity contribution in [3.05, 3.63) is 12.7 Å². The van der Waals surface area contributed by atoms with Gasteiger partial charge in [-0.3, -0.25) is 4.79 Å². The Bertz CT molecular complexity index is 163. The van der Waals surface area contributed by atoms with Gasteiger partial charge >= 0.3 is 0 Å². The molecule has 0 aliphatic heterocycles. The first-order valence-corrected chi connectivity index (χ1v) is 4.89. The zero-order valence-corrected chi connectivity index (χ0v) is 9.05. The van der Waals surface area contributed by atoms with E-state index in [1.54, 1.807) is 19.0 Å². The molecule has 0 fully saturated rings. The van der Waals surface area contributed by atoms with E-state index in [1.165, 1.54) is 0 Å². The molecular weight excluding hydrogens is 162 g/mol. The Morgan fingerprint density at radius 3 is 2.62 bits per heavy atom. The van der Waals surface area contributed by atoms with E-state index in [4.69, 9.17) is 0 Å². The monoisotopic (exact) mass is 183 g/mol. The van der Waals surface area contributed by atoms with Crippen LogP contribution in [0.3, 0.4) is 0 Å². The van der Waals surface area contributed by atoms with Crippen LogP contribution < -0.4 is 0 Å². The summed E-state index contributed by atoms with van der Waals surface area (Å²) in [4.78, 5) is 12.9. The van der Waals surface area contributed by atoms with Crippen LogP contribution >= 0.6 is 0 Å². The lowest BCUT2D eigenvalue weighted by Gasteiger charge is -2.14. The van der Waals surface area contributed by atoms with Gasteiger partial charge in [0.1, 0.15) is 0 Å². The molecule has 0 aromatic carbocycles. The highest BCUT2D eigenvalue weighted by Gasteiger charge is 2.09. The van der Waals surface area contributed by atoms with E-state index in [-0.39, 0.29) is 5.91 Å². The minimum absolute atomic E-state index is 0.228. The lowest BCUT2D eigenvalue weighted by atomic mass is 10.00. The van der Waals surface area contributed by atoms with Crippen molar-refractivity contribution in [3.63, 3.8) is 0 Å². The number of hydrogen-bond acceptors (Lipinski definition) is 1. The van der Waals surface area contributed by atoms with Gasteiger partial charge in [-0.15, -0.1) is 6.58 Å². The van der Waals surface area contributed by atoms with E-state index in [0.29, 0.717) is 12.3 Å². The van der Waals surface area contributed by atoms with Crippen molar-refractivity contribution in [2.45, 2.75) is 32.6 Å². The van der Waals surface area contributed by atoms with Gasteiger partial charge in [-0.1, -0.05) is 13.0 Å². The molecule has 0 radical (unpaired) electrons. The van der Waals surface area contributed by atoms with Gasteiger partial charge in [-0.05, 0) is 25.2 Å². The molecule has 0 heterocycles. The van der Waals surface area contributed by atoms with Crippen molar-refractivity contribution in [2.24, 2.45) is 5.92 Å². The number of carbonyl (C=O) groups excluding carboxylic acids is 1. The van der Waals surface area contributed by atoms with Crippen molar-refractivity contribution >= 4 is 5.91 Å². The largest absolute Gasteiger partial charge is 0.349 e. The average molecular weight is 183 g/mol. The SMILES string of the molecule is C=CCCC[C@@H](C)CC(=O)N(C)C. The Hall–Kier alpha value is -0.790. The topological polar surface area (TPSA) is 20.3 Å². The van der Waals surface area contributed by atoms with E-state index in [1.807, 2.05) is 6.08 Å². The molecule has 1 atom stereocenters. The third-order valence-electron chi connectivity index (χ3n) is 2.13. The van der Waals surface area contributed by atoms with Gasteiger partial charge in [0.25, 0.3) is 0 Å². The van der Waals surface area contributed by atoms with Gasteiger partial charge in [0.2, 0.25) is 5.91 Å². The fourth-order valence-corrected chi connectivity index (χ4v) is 1.19. The van der Waals surface area contributed by atoms with Crippen LogP contribution in [0.15, 0.2) is 12.7 Å². The Labute approximate surface area is 81.6 Å². The summed E-state index contributed by atoms with van der Waals surface area (Å²) < 4.78 is 0. The van der Waals surface area contributed by atoms with E-state index < -0.39 is 0 Å². The number of nitrogens with zero attached hydrogens (tertiary/aromatic N) is 1. The molecule has 76 valence electrons. The second-order valence-electron chi connectivity index (χ2n) is 3.82. The summed E-state index contributed by atoms with van der Waals surface area (Å²) in [7, 11) is 3.61.